The summed E-state index contributed by atoms with van der Waals surface area (Å²) in [5, 5.41) is 3.52. The molecule has 126 valence electrons. The zero-order valence-corrected chi connectivity index (χ0v) is 14.7. The van der Waals surface area contributed by atoms with E-state index in [2.05, 4.69) is 21.2 Å². The maximum absolute atomic E-state index is 12.6. The Kier molecular flexibility index (Phi) is 3.92. The number of carbonyl (C=O) groups is 3. The van der Waals surface area contributed by atoms with E-state index in [0.717, 1.165) is 22.2 Å². The van der Waals surface area contributed by atoms with Crippen LogP contribution in [-0.2, 0) is 4.79 Å². The summed E-state index contributed by atoms with van der Waals surface area (Å²) in [6.07, 6.45) is 3.17. The highest BCUT2D eigenvalue weighted by Crippen LogP contribution is 2.26. The van der Waals surface area contributed by atoms with Crippen LogP contribution in [0.4, 0.5) is 0 Å². The molecule has 6 nitrogen and oxygen atoms in total. The van der Waals surface area contributed by atoms with Gasteiger partial charge in [0.15, 0.2) is 0 Å². The highest BCUT2D eigenvalue weighted by Gasteiger charge is 2.38. The number of carbonyl (C=O) groups excluding carboxylic acids is 3. The molecule has 3 amide bonds. The summed E-state index contributed by atoms with van der Waals surface area (Å²) in [7, 11) is 0. The van der Waals surface area contributed by atoms with E-state index < -0.39 is 0 Å². The van der Waals surface area contributed by atoms with Crippen molar-refractivity contribution in [1.29, 1.82) is 0 Å². The second-order valence-corrected chi connectivity index (χ2v) is 7.57. The Morgan fingerprint density at radius 3 is 2.71 bits per heavy atom. The van der Waals surface area contributed by atoms with Crippen molar-refractivity contribution < 1.29 is 14.4 Å². The fourth-order valence-electron chi connectivity index (χ4n) is 3.81. The number of likely N-dealkylation sites (tertiary alicyclic amines) is 1. The predicted molar refractivity (Wildman–Crippen MR) is 90.7 cm³/mol. The summed E-state index contributed by atoms with van der Waals surface area (Å²) in [5.74, 6) is -0.928. The van der Waals surface area contributed by atoms with Crippen LogP contribution in [0, 0.1) is 0 Å². The van der Waals surface area contributed by atoms with Crippen molar-refractivity contribution in [3.63, 3.8) is 0 Å². The van der Waals surface area contributed by atoms with Gasteiger partial charge in [0, 0.05) is 29.6 Å². The zero-order valence-electron chi connectivity index (χ0n) is 13.1. The van der Waals surface area contributed by atoms with Gasteiger partial charge in [-0.3, -0.25) is 19.3 Å². The maximum Gasteiger partial charge on any atom is 0.262 e. The van der Waals surface area contributed by atoms with Crippen LogP contribution >= 0.6 is 15.9 Å². The first kappa shape index (κ1) is 15.8. The van der Waals surface area contributed by atoms with Crippen LogP contribution in [0.15, 0.2) is 22.7 Å². The molecular weight excluding hydrogens is 374 g/mol. The number of nitrogens with zero attached hydrogens (tertiary/aromatic N) is 2. The third kappa shape index (κ3) is 2.65. The lowest BCUT2D eigenvalue weighted by Gasteiger charge is -2.26. The van der Waals surface area contributed by atoms with Crippen LogP contribution in [0.5, 0.6) is 0 Å². The quantitative estimate of drug-likeness (QED) is 0.773. The summed E-state index contributed by atoms with van der Waals surface area (Å²) in [6, 6.07) is 5.81. The molecule has 3 aliphatic rings. The van der Waals surface area contributed by atoms with E-state index in [9.17, 15) is 14.4 Å². The minimum atomic E-state index is -0.390. The number of fused-ring (bicyclic) bond motifs is 3. The standard InChI is InChI=1S/C17H18BrN3O3/c18-10-1-4-13-14(7-10)17(24)21(16(13)23)9-15(22)20-6-5-11-2-3-12(8-20)19-11/h1,4,7,11-12,19H,2-3,5-6,8-9H2. The third-order valence-electron chi connectivity index (χ3n) is 5.10. The number of hydrogen-bond donors (Lipinski definition) is 1. The Morgan fingerprint density at radius 1 is 1.12 bits per heavy atom. The first-order valence-electron chi connectivity index (χ1n) is 8.22. The van der Waals surface area contributed by atoms with Crippen molar-refractivity contribution >= 4 is 33.7 Å². The molecule has 2 atom stereocenters. The molecule has 0 spiro atoms. The van der Waals surface area contributed by atoms with Gasteiger partial charge in [0.1, 0.15) is 6.54 Å². The average Bonchev–Trinajstić information content (AvgIpc) is 2.99. The molecule has 0 aliphatic carbocycles. The normalized spacial score (nSPS) is 25.9. The number of nitrogens with one attached hydrogen (secondary N) is 1. The van der Waals surface area contributed by atoms with Crippen molar-refractivity contribution in [3.8, 4) is 0 Å². The SMILES string of the molecule is O=C(CN1C(=O)c2ccc(Br)cc2C1=O)N1CCC2CCC(C1)N2. The number of rotatable bonds is 2. The predicted octanol–water partition coefficient (Wildman–Crippen LogP) is 1.40. The number of halogens is 1. The van der Waals surface area contributed by atoms with Gasteiger partial charge in [-0.1, -0.05) is 15.9 Å². The van der Waals surface area contributed by atoms with Gasteiger partial charge in [0.2, 0.25) is 5.91 Å². The minimum absolute atomic E-state index is 0.155. The van der Waals surface area contributed by atoms with Crippen molar-refractivity contribution in [3.05, 3.63) is 33.8 Å². The molecule has 2 fully saturated rings. The smallest absolute Gasteiger partial charge is 0.262 e. The van der Waals surface area contributed by atoms with E-state index in [1.54, 1.807) is 23.1 Å². The molecule has 7 heteroatoms. The maximum atomic E-state index is 12.6. The minimum Gasteiger partial charge on any atom is -0.340 e. The van der Waals surface area contributed by atoms with E-state index in [1.165, 1.54) is 6.42 Å². The molecule has 2 unspecified atom stereocenters. The Labute approximate surface area is 148 Å². The van der Waals surface area contributed by atoms with Crippen LogP contribution in [0.25, 0.3) is 0 Å². The number of benzene rings is 1. The zero-order chi connectivity index (χ0) is 16.8. The average molecular weight is 392 g/mol. The first-order valence-corrected chi connectivity index (χ1v) is 9.02. The Balaban J connectivity index is 1.48. The molecule has 0 saturated carbocycles. The Hall–Kier alpha value is -1.73. The largest absolute Gasteiger partial charge is 0.340 e. The van der Waals surface area contributed by atoms with E-state index in [-0.39, 0.29) is 24.3 Å². The van der Waals surface area contributed by atoms with Crippen molar-refractivity contribution in [2.45, 2.75) is 31.3 Å². The van der Waals surface area contributed by atoms with E-state index in [1.807, 2.05) is 0 Å². The van der Waals surface area contributed by atoms with Gasteiger partial charge in [0.05, 0.1) is 11.1 Å². The first-order chi connectivity index (χ1) is 11.5. The molecule has 1 aromatic rings. The number of hydrogen-bond acceptors (Lipinski definition) is 4. The molecule has 4 rings (SSSR count). The lowest BCUT2D eigenvalue weighted by Crippen LogP contribution is -2.45. The van der Waals surface area contributed by atoms with Crippen LogP contribution in [0.3, 0.4) is 0 Å². The summed E-state index contributed by atoms with van der Waals surface area (Å²) in [5.41, 5.74) is 0.728. The summed E-state index contributed by atoms with van der Waals surface area (Å²) in [6.45, 7) is 1.16. The molecular formula is C17H18BrN3O3. The van der Waals surface area contributed by atoms with Gasteiger partial charge in [-0.25, -0.2) is 0 Å². The van der Waals surface area contributed by atoms with Gasteiger partial charge in [-0.05, 0) is 37.5 Å². The van der Waals surface area contributed by atoms with Gasteiger partial charge in [-0.2, -0.15) is 0 Å². The molecule has 1 N–H and O–H groups in total. The lowest BCUT2D eigenvalue weighted by molar-refractivity contribution is -0.131. The topological polar surface area (TPSA) is 69.7 Å². The highest BCUT2D eigenvalue weighted by molar-refractivity contribution is 9.10. The van der Waals surface area contributed by atoms with Crippen LogP contribution in [-0.4, -0.2) is 59.2 Å². The Bertz CT molecular complexity index is 736. The molecule has 0 aromatic heterocycles. The van der Waals surface area contributed by atoms with Crippen LogP contribution < -0.4 is 5.32 Å². The van der Waals surface area contributed by atoms with E-state index >= 15 is 0 Å². The molecule has 2 bridgehead atoms. The van der Waals surface area contributed by atoms with Crippen molar-refractivity contribution in [1.82, 2.24) is 15.1 Å². The summed E-state index contributed by atoms with van der Waals surface area (Å²) in [4.78, 5) is 40.4. The highest BCUT2D eigenvalue weighted by atomic mass is 79.9. The second-order valence-electron chi connectivity index (χ2n) is 6.65. The molecule has 1 aromatic carbocycles. The summed E-state index contributed by atoms with van der Waals surface area (Å²) < 4.78 is 0.741. The van der Waals surface area contributed by atoms with E-state index in [4.69, 9.17) is 0 Å². The summed E-state index contributed by atoms with van der Waals surface area (Å²) >= 11 is 3.31. The fraction of sp³-hybridized carbons (Fsp3) is 0.471. The molecule has 3 heterocycles. The molecule has 2 saturated heterocycles. The lowest BCUT2D eigenvalue weighted by atomic mass is 10.1. The Morgan fingerprint density at radius 2 is 1.88 bits per heavy atom. The van der Waals surface area contributed by atoms with Crippen molar-refractivity contribution in [2.75, 3.05) is 19.6 Å². The second kappa shape index (κ2) is 5.97. The molecule has 24 heavy (non-hydrogen) atoms. The number of amides is 3. The van der Waals surface area contributed by atoms with Crippen LogP contribution in [0.1, 0.15) is 40.0 Å². The van der Waals surface area contributed by atoms with Gasteiger partial charge >= 0.3 is 0 Å². The van der Waals surface area contributed by atoms with Gasteiger partial charge in [-0.15, -0.1) is 0 Å². The molecule has 0 radical (unpaired) electrons. The fourth-order valence-corrected chi connectivity index (χ4v) is 4.17. The van der Waals surface area contributed by atoms with Crippen LogP contribution in [0.2, 0.25) is 0 Å². The number of imide groups is 1. The molecule has 3 aliphatic heterocycles. The van der Waals surface area contributed by atoms with Gasteiger partial charge < -0.3 is 10.2 Å². The van der Waals surface area contributed by atoms with Crippen molar-refractivity contribution in [2.24, 2.45) is 0 Å². The third-order valence-corrected chi connectivity index (χ3v) is 5.60. The van der Waals surface area contributed by atoms with E-state index in [0.29, 0.717) is 36.3 Å². The monoisotopic (exact) mass is 391 g/mol. The van der Waals surface area contributed by atoms with Gasteiger partial charge in [0.25, 0.3) is 11.8 Å².